The molecule has 0 radical (unpaired) electrons. The van der Waals surface area contributed by atoms with E-state index in [1.54, 1.807) is 30.3 Å². The minimum Gasteiger partial charge on any atom is -0.496 e. The van der Waals surface area contributed by atoms with Crippen LogP contribution in [0.5, 0.6) is 5.75 Å². The van der Waals surface area contributed by atoms with Gasteiger partial charge in [-0.1, -0.05) is 24.3 Å². The highest BCUT2D eigenvalue weighted by molar-refractivity contribution is 5.99. The van der Waals surface area contributed by atoms with Crippen molar-refractivity contribution in [3.8, 4) is 17.0 Å². The quantitative estimate of drug-likeness (QED) is 0.324. The van der Waals surface area contributed by atoms with Crippen molar-refractivity contribution < 1.29 is 37.3 Å². The van der Waals surface area contributed by atoms with Gasteiger partial charge >= 0.3 is 12.1 Å². The molecule has 7 nitrogen and oxygen atoms in total. The summed E-state index contributed by atoms with van der Waals surface area (Å²) >= 11 is 0. The van der Waals surface area contributed by atoms with Crippen molar-refractivity contribution in [2.24, 2.45) is 0 Å². The lowest BCUT2D eigenvalue weighted by molar-refractivity contribution is -0.137. The number of nitrogens with zero attached hydrogens (tertiary/aromatic N) is 1. The van der Waals surface area contributed by atoms with Crippen LogP contribution in [-0.2, 0) is 10.9 Å². The number of pyridine rings is 1. The first kappa shape index (κ1) is 26.6. The van der Waals surface area contributed by atoms with Crippen LogP contribution in [0.1, 0.15) is 37.9 Å². The molecular weight excluding hydrogens is 501 g/mol. The smallest absolute Gasteiger partial charge is 0.416 e. The SMILES string of the molecule is COC(=O)c1ccc([C@H](CO)NC(=O)c2ccc3c(OC)cc(-c4ccc(C(F)(F)F)cc4)nc3c2)cc1. The average molecular weight is 524 g/mol. The molecule has 0 bridgehead atoms. The standard InChI is InChI=1S/C28H23F3N2O5/c1-37-25-14-22(16-7-10-20(11-8-16)28(29,30)31)32-23-13-19(9-12-21(23)25)26(35)33-24(15-34)17-3-5-18(6-4-17)27(36)38-2/h3-14,24,34H,15H2,1-2H3,(H,33,35)/t24-/m0/s1. The molecule has 0 aliphatic heterocycles. The molecule has 196 valence electrons. The summed E-state index contributed by atoms with van der Waals surface area (Å²) in [5, 5.41) is 13.2. The van der Waals surface area contributed by atoms with E-state index >= 15 is 0 Å². The zero-order chi connectivity index (χ0) is 27.4. The number of esters is 1. The lowest BCUT2D eigenvalue weighted by Gasteiger charge is -2.17. The van der Waals surface area contributed by atoms with Gasteiger partial charge in [-0.2, -0.15) is 13.2 Å². The Hall–Kier alpha value is -4.44. The van der Waals surface area contributed by atoms with E-state index in [0.29, 0.717) is 39.0 Å². The molecule has 3 aromatic carbocycles. The van der Waals surface area contributed by atoms with Crippen molar-refractivity contribution in [3.05, 3.63) is 95.1 Å². The van der Waals surface area contributed by atoms with Crippen LogP contribution in [0.2, 0.25) is 0 Å². The van der Waals surface area contributed by atoms with Crippen molar-refractivity contribution in [2.45, 2.75) is 12.2 Å². The van der Waals surface area contributed by atoms with Crippen LogP contribution in [0.3, 0.4) is 0 Å². The lowest BCUT2D eigenvalue weighted by Crippen LogP contribution is -2.30. The summed E-state index contributed by atoms with van der Waals surface area (Å²) in [6.07, 6.45) is -4.45. The van der Waals surface area contributed by atoms with Crippen molar-refractivity contribution >= 4 is 22.8 Å². The number of carbonyl (C=O) groups is 2. The summed E-state index contributed by atoms with van der Waals surface area (Å²) in [5.74, 6) is -0.546. The maximum absolute atomic E-state index is 13.0. The highest BCUT2D eigenvalue weighted by atomic mass is 19.4. The van der Waals surface area contributed by atoms with Crippen molar-refractivity contribution in [3.63, 3.8) is 0 Å². The summed E-state index contributed by atoms with van der Waals surface area (Å²) in [7, 11) is 2.73. The summed E-state index contributed by atoms with van der Waals surface area (Å²) in [4.78, 5) is 29.2. The molecule has 0 spiro atoms. The average Bonchev–Trinajstić information content (AvgIpc) is 2.94. The zero-order valence-corrected chi connectivity index (χ0v) is 20.4. The second kappa shape index (κ2) is 10.9. The topological polar surface area (TPSA) is 97.8 Å². The van der Waals surface area contributed by atoms with Crippen LogP contribution in [0.15, 0.2) is 72.8 Å². The summed E-state index contributed by atoms with van der Waals surface area (Å²) < 4.78 is 49.0. The molecule has 1 aromatic heterocycles. The van der Waals surface area contributed by atoms with E-state index in [-0.39, 0.29) is 12.2 Å². The number of hydrogen-bond donors (Lipinski definition) is 2. The van der Waals surface area contributed by atoms with Crippen LogP contribution in [0.4, 0.5) is 13.2 Å². The fraction of sp³-hybridized carbons (Fsp3) is 0.179. The van der Waals surface area contributed by atoms with Crippen molar-refractivity contribution in [1.29, 1.82) is 0 Å². The fourth-order valence-corrected chi connectivity index (χ4v) is 3.93. The predicted molar refractivity (Wildman–Crippen MR) is 134 cm³/mol. The van der Waals surface area contributed by atoms with Gasteiger partial charge in [0.2, 0.25) is 0 Å². The van der Waals surface area contributed by atoms with Gasteiger partial charge in [-0.3, -0.25) is 4.79 Å². The molecule has 10 heteroatoms. The number of benzene rings is 3. The number of alkyl halides is 3. The third-order valence-electron chi connectivity index (χ3n) is 5.98. The maximum atomic E-state index is 13.0. The Labute approximate surface area is 215 Å². The number of halogens is 3. The Bertz CT molecular complexity index is 1470. The number of fused-ring (bicyclic) bond motifs is 1. The van der Waals surface area contributed by atoms with Gasteiger partial charge in [-0.15, -0.1) is 0 Å². The van der Waals surface area contributed by atoms with E-state index in [1.807, 2.05) is 0 Å². The molecule has 1 atom stereocenters. The van der Waals surface area contributed by atoms with E-state index in [4.69, 9.17) is 4.74 Å². The highest BCUT2D eigenvalue weighted by Crippen LogP contribution is 2.33. The fourth-order valence-electron chi connectivity index (χ4n) is 3.93. The molecule has 4 aromatic rings. The number of carbonyl (C=O) groups excluding carboxylic acids is 2. The minimum atomic E-state index is -4.45. The first-order valence-corrected chi connectivity index (χ1v) is 11.4. The molecule has 1 amide bonds. The molecule has 0 aliphatic rings. The summed E-state index contributed by atoms with van der Waals surface area (Å²) in [6, 6.07) is 16.5. The summed E-state index contributed by atoms with van der Waals surface area (Å²) in [6.45, 7) is -0.388. The number of rotatable bonds is 7. The largest absolute Gasteiger partial charge is 0.496 e. The minimum absolute atomic E-state index is 0.251. The summed E-state index contributed by atoms with van der Waals surface area (Å²) in [5.41, 5.74) is 1.61. The molecule has 0 unspecified atom stereocenters. The molecule has 38 heavy (non-hydrogen) atoms. The molecule has 2 N–H and O–H groups in total. The van der Waals surface area contributed by atoms with Crippen LogP contribution < -0.4 is 10.1 Å². The van der Waals surface area contributed by atoms with Gasteiger partial charge in [0.15, 0.2) is 0 Å². The van der Waals surface area contributed by atoms with Gasteiger partial charge in [0.05, 0.1) is 49.2 Å². The Morgan fingerprint density at radius 2 is 1.61 bits per heavy atom. The van der Waals surface area contributed by atoms with Crippen molar-refractivity contribution in [1.82, 2.24) is 10.3 Å². The molecule has 0 fully saturated rings. The number of ether oxygens (including phenoxy) is 2. The number of amides is 1. The number of hydrogen-bond acceptors (Lipinski definition) is 6. The van der Waals surface area contributed by atoms with Crippen LogP contribution in [-0.4, -0.2) is 42.8 Å². The first-order valence-electron chi connectivity index (χ1n) is 11.4. The Kier molecular flexibility index (Phi) is 7.63. The first-order chi connectivity index (χ1) is 18.1. The number of nitrogens with one attached hydrogen (secondary N) is 1. The zero-order valence-electron chi connectivity index (χ0n) is 20.4. The van der Waals surface area contributed by atoms with Gasteiger partial charge in [-0.05, 0) is 48.0 Å². The second-order valence-electron chi connectivity index (χ2n) is 8.34. The van der Waals surface area contributed by atoms with Gasteiger partial charge < -0.3 is 19.9 Å². The monoisotopic (exact) mass is 524 g/mol. The Balaban J connectivity index is 1.62. The van der Waals surface area contributed by atoms with Gasteiger partial charge in [0, 0.05) is 22.6 Å². The van der Waals surface area contributed by atoms with Crippen LogP contribution in [0.25, 0.3) is 22.2 Å². The maximum Gasteiger partial charge on any atom is 0.416 e. The Morgan fingerprint density at radius 1 is 0.947 bits per heavy atom. The molecule has 4 rings (SSSR count). The van der Waals surface area contributed by atoms with E-state index in [1.165, 1.54) is 44.6 Å². The van der Waals surface area contributed by atoms with Gasteiger partial charge in [-0.25, -0.2) is 9.78 Å². The van der Waals surface area contributed by atoms with Gasteiger partial charge in [0.1, 0.15) is 5.75 Å². The predicted octanol–water partition coefficient (Wildman–Crippen LogP) is 5.18. The highest BCUT2D eigenvalue weighted by Gasteiger charge is 2.30. The molecule has 0 saturated heterocycles. The number of methoxy groups -OCH3 is 2. The lowest BCUT2D eigenvalue weighted by atomic mass is 10.0. The number of aromatic nitrogens is 1. The van der Waals surface area contributed by atoms with E-state index in [9.17, 15) is 27.9 Å². The third kappa shape index (κ3) is 5.60. The van der Waals surface area contributed by atoms with Crippen molar-refractivity contribution in [2.75, 3.05) is 20.8 Å². The van der Waals surface area contributed by atoms with E-state index < -0.39 is 29.7 Å². The van der Waals surface area contributed by atoms with Crippen LogP contribution >= 0.6 is 0 Å². The van der Waals surface area contributed by atoms with E-state index in [2.05, 4.69) is 15.0 Å². The third-order valence-corrected chi connectivity index (χ3v) is 5.98. The van der Waals surface area contributed by atoms with E-state index in [0.717, 1.165) is 12.1 Å². The molecule has 0 saturated carbocycles. The van der Waals surface area contributed by atoms with Crippen LogP contribution in [0, 0.1) is 0 Å². The normalized spacial score (nSPS) is 12.2. The number of aliphatic hydroxyl groups is 1. The molecular formula is C28H23F3N2O5. The Morgan fingerprint density at radius 3 is 2.18 bits per heavy atom. The second-order valence-corrected chi connectivity index (χ2v) is 8.34. The molecule has 1 heterocycles. The molecule has 0 aliphatic carbocycles. The number of aliphatic hydroxyl groups excluding tert-OH is 1. The van der Waals surface area contributed by atoms with Gasteiger partial charge in [0.25, 0.3) is 5.91 Å².